The van der Waals surface area contributed by atoms with Crippen molar-refractivity contribution in [2.75, 3.05) is 20.2 Å². The van der Waals surface area contributed by atoms with Crippen molar-refractivity contribution in [1.29, 1.82) is 0 Å². The zero-order chi connectivity index (χ0) is 17.2. The number of nitrogens with zero attached hydrogens (tertiary/aromatic N) is 3. The first kappa shape index (κ1) is 17.0. The van der Waals surface area contributed by atoms with Gasteiger partial charge in [-0.3, -0.25) is 0 Å². The summed E-state index contributed by atoms with van der Waals surface area (Å²) in [4.78, 5) is 4.56. The molecular weight excluding hydrogens is 326 g/mol. The minimum absolute atomic E-state index is 0.326. The lowest BCUT2D eigenvalue weighted by Gasteiger charge is -2.31. The van der Waals surface area contributed by atoms with Crippen LogP contribution in [0.2, 0.25) is 0 Å². The molecule has 1 aromatic heterocycles. The van der Waals surface area contributed by atoms with Crippen LogP contribution in [0.15, 0.2) is 41.6 Å². The molecule has 0 N–H and O–H groups in total. The zero-order valence-electron chi connectivity index (χ0n) is 14.1. The Morgan fingerprint density at radius 3 is 2.42 bits per heavy atom. The van der Waals surface area contributed by atoms with Crippen LogP contribution in [0.3, 0.4) is 0 Å². The van der Waals surface area contributed by atoms with Gasteiger partial charge in [-0.2, -0.15) is 4.31 Å². The van der Waals surface area contributed by atoms with Crippen molar-refractivity contribution in [3.05, 3.63) is 42.5 Å². The molecule has 0 aliphatic carbocycles. The Kier molecular flexibility index (Phi) is 4.91. The molecule has 3 rings (SSSR count). The highest BCUT2D eigenvalue weighted by molar-refractivity contribution is 7.89. The molecule has 0 radical (unpaired) electrons. The molecule has 24 heavy (non-hydrogen) atoms. The van der Waals surface area contributed by atoms with Gasteiger partial charge in [0.1, 0.15) is 11.6 Å². The van der Waals surface area contributed by atoms with E-state index in [0.717, 1.165) is 25.2 Å². The molecule has 0 atom stereocenters. The first-order chi connectivity index (χ1) is 11.5. The Morgan fingerprint density at radius 2 is 1.88 bits per heavy atom. The third kappa shape index (κ3) is 3.47. The topological polar surface area (TPSA) is 64.4 Å². The highest BCUT2D eigenvalue weighted by Crippen LogP contribution is 2.26. The number of rotatable bonds is 5. The second kappa shape index (κ2) is 6.94. The van der Waals surface area contributed by atoms with Gasteiger partial charge in [-0.25, -0.2) is 13.4 Å². The van der Waals surface area contributed by atoms with Crippen molar-refractivity contribution in [2.45, 2.75) is 31.2 Å². The van der Waals surface area contributed by atoms with Crippen LogP contribution < -0.4 is 4.74 Å². The fourth-order valence-corrected chi connectivity index (χ4v) is 4.57. The molecule has 0 saturated carbocycles. The van der Waals surface area contributed by atoms with E-state index in [1.54, 1.807) is 41.9 Å². The lowest BCUT2D eigenvalue weighted by atomic mass is 9.98. The predicted molar refractivity (Wildman–Crippen MR) is 91.4 cm³/mol. The lowest BCUT2D eigenvalue weighted by molar-refractivity contribution is 0.252. The lowest BCUT2D eigenvalue weighted by Crippen LogP contribution is -2.39. The van der Waals surface area contributed by atoms with Crippen LogP contribution in [0, 0.1) is 12.8 Å². The monoisotopic (exact) mass is 349 g/mol. The first-order valence-electron chi connectivity index (χ1n) is 8.12. The number of aromatic nitrogens is 2. The summed E-state index contributed by atoms with van der Waals surface area (Å²) in [5, 5.41) is 0. The molecule has 130 valence electrons. The molecule has 2 aromatic rings. The number of benzene rings is 1. The van der Waals surface area contributed by atoms with Crippen molar-refractivity contribution >= 4 is 10.0 Å². The van der Waals surface area contributed by atoms with Gasteiger partial charge in [0.05, 0.1) is 12.0 Å². The van der Waals surface area contributed by atoms with Gasteiger partial charge in [0.2, 0.25) is 10.0 Å². The van der Waals surface area contributed by atoms with Gasteiger partial charge < -0.3 is 9.30 Å². The Labute approximate surface area is 143 Å². The highest BCUT2D eigenvalue weighted by Gasteiger charge is 2.29. The van der Waals surface area contributed by atoms with Gasteiger partial charge in [0.15, 0.2) is 0 Å². The van der Waals surface area contributed by atoms with Crippen molar-refractivity contribution in [1.82, 2.24) is 13.9 Å². The molecule has 1 saturated heterocycles. The van der Waals surface area contributed by atoms with E-state index in [0.29, 0.717) is 29.7 Å². The molecule has 1 aliphatic rings. The van der Waals surface area contributed by atoms with E-state index < -0.39 is 10.0 Å². The van der Waals surface area contributed by atoms with Gasteiger partial charge in [0.25, 0.3) is 0 Å². The van der Waals surface area contributed by atoms with Crippen LogP contribution in [0.4, 0.5) is 0 Å². The Bertz CT molecular complexity index is 776. The van der Waals surface area contributed by atoms with E-state index in [2.05, 4.69) is 9.55 Å². The summed E-state index contributed by atoms with van der Waals surface area (Å²) in [5.74, 6) is 2.15. The maximum absolute atomic E-state index is 12.7. The summed E-state index contributed by atoms with van der Waals surface area (Å²) in [6, 6.07) is 6.58. The number of sulfonamides is 1. The molecule has 0 unspecified atom stereocenters. The number of piperidine rings is 1. The van der Waals surface area contributed by atoms with Gasteiger partial charge in [-0.05, 0) is 49.9 Å². The molecule has 1 aromatic carbocycles. The molecule has 1 fully saturated rings. The standard InChI is InChI=1S/C17H23N3O3S/c1-14-18-9-12-19(14)13-15-7-10-20(11-8-15)24(21,22)17-5-3-16(23-2)4-6-17/h3-6,9,12,15H,7-8,10-11,13H2,1-2H3. The molecule has 0 bridgehead atoms. The summed E-state index contributed by atoms with van der Waals surface area (Å²) in [7, 11) is -1.86. The van der Waals surface area contributed by atoms with E-state index in [4.69, 9.17) is 4.74 Å². The zero-order valence-corrected chi connectivity index (χ0v) is 14.9. The molecule has 0 spiro atoms. The fraction of sp³-hybridized carbons (Fsp3) is 0.471. The van der Waals surface area contributed by atoms with Crippen molar-refractivity contribution in [3.8, 4) is 5.75 Å². The van der Waals surface area contributed by atoms with Gasteiger partial charge in [-0.1, -0.05) is 0 Å². The summed E-state index contributed by atoms with van der Waals surface area (Å²) in [5.41, 5.74) is 0. The number of methoxy groups -OCH3 is 1. The minimum atomic E-state index is -3.42. The van der Waals surface area contributed by atoms with E-state index in [-0.39, 0.29) is 0 Å². The second-order valence-electron chi connectivity index (χ2n) is 6.15. The van der Waals surface area contributed by atoms with Crippen LogP contribution in [-0.2, 0) is 16.6 Å². The summed E-state index contributed by atoms with van der Waals surface area (Å²) >= 11 is 0. The maximum Gasteiger partial charge on any atom is 0.243 e. The normalized spacial score (nSPS) is 17.1. The van der Waals surface area contributed by atoms with Crippen LogP contribution in [-0.4, -0.2) is 42.5 Å². The average Bonchev–Trinajstić information content (AvgIpc) is 3.00. The average molecular weight is 349 g/mol. The quantitative estimate of drug-likeness (QED) is 0.831. The van der Waals surface area contributed by atoms with Gasteiger partial charge >= 0.3 is 0 Å². The molecule has 7 heteroatoms. The number of imidazole rings is 1. The van der Waals surface area contributed by atoms with E-state index >= 15 is 0 Å². The summed E-state index contributed by atoms with van der Waals surface area (Å²) in [6.07, 6.45) is 5.52. The SMILES string of the molecule is COc1ccc(S(=O)(=O)N2CCC(Cn3ccnc3C)CC2)cc1. The van der Waals surface area contributed by atoms with Crippen LogP contribution in [0.5, 0.6) is 5.75 Å². The van der Waals surface area contributed by atoms with Gasteiger partial charge in [-0.15, -0.1) is 0 Å². The predicted octanol–water partition coefficient (Wildman–Crippen LogP) is 2.30. The minimum Gasteiger partial charge on any atom is -0.497 e. The first-order valence-corrected chi connectivity index (χ1v) is 9.56. The third-order valence-electron chi connectivity index (χ3n) is 4.65. The van der Waals surface area contributed by atoms with E-state index in [1.807, 2.05) is 13.1 Å². The Morgan fingerprint density at radius 1 is 1.21 bits per heavy atom. The number of hydrogen-bond acceptors (Lipinski definition) is 4. The largest absolute Gasteiger partial charge is 0.497 e. The molecule has 6 nitrogen and oxygen atoms in total. The van der Waals surface area contributed by atoms with Crippen LogP contribution in [0.1, 0.15) is 18.7 Å². The van der Waals surface area contributed by atoms with Crippen molar-refractivity contribution < 1.29 is 13.2 Å². The molecule has 1 aliphatic heterocycles. The van der Waals surface area contributed by atoms with Crippen LogP contribution >= 0.6 is 0 Å². The Hall–Kier alpha value is -1.86. The smallest absolute Gasteiger partial charge is 0.243 e. The number of aryl methyl sites for hydroxylation is 1. The van der Waals surface area contributed by atoms with Gasteiger partial charge in [0, 0.05) is 32.0 Å². The maximum atomic E-state index is 12.7. The fourth-order valence-electron chi connectivity index (χ4n) is 3.10. The Balaban J connectivity index is 1.63. The van der Waals surface area contributed by atoms with E-state index in [9.17, 15) is 8.42 Å². The second-order valence-corrected chi connectivity index (χ2v) is 8.09. The third-order valence-corrected chi connectivity index (χ3v) is 6.56. The van der Waals surface area contributed by atoms with Crippen molar-refractivity contribution in [3.63, 3.8) is 0 Å². The summed E-state index contributed by atoms with van der Waals surface area (Å²) < 4.78 is 34.3. The number of ether oxygens (including phenoxy) is 1. The molecule has 2 heterocycles. The molecule has 0 amide bonds. The summed E-state index contributed by atoms with van der Waals surface area (Å²) in [6.45, 7) is 4.02. The van der Waals surface area contributed by atoms with E-state index in [1.165, 1.54) is 0 Å². The molecular formula is C17H23N3O3S. The number of hydrogen-bond donors (Lipinski definition) is 0. The highest BCUT2D eigenvalue weighted by atomic mass is 32.2. The van der Waals surface area contributed by atoms with Crippen molar-refractivity contribution in [2.24, 2.45) is 5.92 Å². The van der Waals surface area contributed by atoms with Crippen LogP contribution in [0.25, 0.3) is 0 Å².